The Morgan fingerprint density at radius 3 is 2.26 bits per heavy atom. The molecule has 3 aromatic carbocycles. The highest BCUT2D eigenvalue weighted by Crippen LogP contribution is 2.41. The molecule has 1 saturated heterocycles. The van der Waals surface area contributed by atoms with Crippen molar-refractivity contribution in [2.24, 2.45) is 0 Å². The van der Waals surface area contributed by atoms with Gasteiger partial charge in [-0.25, -0.2) is 4.79 Å². The van der Waals surface area contributed by atoms with Gasteiger partial charge in [-0.05, 0) is 47.5 Å². The molecule has 0 spiro atoms. The molecule has 0 aromatic heterocycles. The van der Waals surface area contributed by atoms with E-state index in [0.717, 1.165) is 4.47 Å². The Hall–Kier alpha value is -3.91. The van der Waals surface area contributed by atoms with E-state index in [2.05, 4.69) is 15.9 Å². The van der Waals surface area contributed by atoms with Gasteiger partial charge in [-0.1, -0.05) is 52.3 Å². The van der Waals surface area contributed by atoms with Gasteiger partial charge in [-0.3, -0.25) is 9.59 Å². The molecule has 1 heterocycles. The summed E-state index contributed by atoms with van der Waals surface area (Å²) < 4.78 is 10.9. The third kappa shape index (κ3) is 4.83. The Morgan fingerprint density at radius 1 is 0.971 bits per heavy atom. The molecule has 8 heteroatoms. The zero-order valence-electron chi connectivity index (χ0n) is 19.0. The first-order valence-electron chi connectivity index (χ1n) is 10.7. The van der Waals surface area contributed by atoms with Crippen molar-refractivity contribution in [1.82, 2.24) is 4.90 Å². The monoisotopic (exact) mass is 535 g/mol. The van der Waals surface area contributed by atoms with Crippen LogP contribution in [0.4, 0.5) is 0 Å². The minimum Gasteiger partial charge on any atom is -0.507 e. The molecule has 178 valence electrons. The maximum atomic E-state index is 13.2. The molecule has 1 atom stereocenters. The van der Waals surface area contributed by atoms with Crippen LogP contribution in [0.25, 0.3) is 5.76 Å². The second-order valence-corrected chi connectivity index (χ2v) is 8.81. The molecule has 1 N–H and O–H groups in total. The van der Waals surface area contributed by atoms with Crippen molar-refractivity contribution in [3.8, 4) is 5.75 Å². The molecule has 1 aliphatic heterocycles. The number of likely N-dealkylation sites (tertiary alicyclic amines) is 1. The van der Waals surface area contributed by atoms with Crippen LogP contribution in [0.15, 0.2) is 82.8 Å². The molecule has 4 rings (SSSR count). The van der Waals surface area contributed by atoms with Gasteiger partial charge in [0.25, 0.3) is 11.7 Å². The third-order valence-corrected chi connectivity index (χ3v) is 6.32. The van der Waals surface area contributed by atoms with Crippen LogP contribution < -0.4 is 4.74 Å². The quantitative estimate of drug-likeness (QED) is 0.209. The van der Waals surface area contributed by atoms with Crippen molar-refractivity contribution in [2.75, 3.05) is 14.2 Å². The highest BCUT2D eigenvalue weighted by molar-refractivity contribution is 9.10. The molecule has 7 nitrogen and oxygen atoms in total. The predicted molar refractivity (Wildman–Crippen MR) is 133 cm³/mol. The minimum atomic E-state index is -0.839. The summed E-state index contributed by atoms with van der Waals surface area (Å²) in [4.78, 5) is 39.6. The van der Waals surface area contributed by atoms with E-state index in [1.54, 1.807) is 72.8 Å². The maximum absolute atomic E-state index is 13.2. The van der Waals surface area contributed by atoms with Gasteiger partial charge in [0.05, 0.1) is 31.4 Å². The Balaban J connectivity index is 1.81. The first kappa shape index (κ1) is 24.2. The van der Waals surface area contributed by atoms with Crippen LogP contribution in [0.1, 0.15) is 33.1 Å². The van der Waals surface area contributed by atoms with Gasteiger partial charge in [-0.15, -0.1) is 0 Å². The van der Waals surface area contributed by atoms with E-state index in [1.165, 1.54) is 19.1 Å². The average Bonchev–Trinajstić information content (AvgIpc) is 3.13. The highest BCUT2D eigenvalue weighted by atomic mass is 79.9. The van der Waals surface area contributed by atoms with E-state index in [-0.39, 0.29) is 17.9 Å². The smallest absolute Gasteiger partial charge is 0.337 e. The topological polar surface area (TPSA) is 93.1 Å². The number of ether oxygens (including phenoxy) is 2. The first-order valence-corrected chi connectivity index (χ1v) is 11.5. The van der Waals surface area contributed by atoms with Crippen molar-refractivity contribution in [1.29, 1.82) is 0 Å². The fourth-order valence-electron chi connectivity index (χ4n) is 4.03. The SMILES string of the molecule is COC(=O)c1ccc(CN2C(=O)C(=O)/C(=C(/O)c3ccc(Br)cc3)C2c2cccc(OC)c2)cc1. The number of ketones is 1. The number of hydrogen-bond acceptors (Lipinski definition) is 6. The summed E-state index contributed by atoms with van der Waals surface area (Å²) in [6.45, 7) is 0.0883. The van der Waals surface area contributed by atoms with Crippen molar-refractivity contribution >= 4 is 39.3 Å². The van der Waals surface area contributed by atoms with Crippen LogP contribution in [0.3, 0.4) is 0 Å². The number of methoxy groups -OCH3 is 2. The van der Waals surface area contributed by atoms with E-state index < -0.39 is 23.7 Å². The van der Waals surface area contributed by atoms with E-state index in [1.807, 2.05) is 0 Å². The van der Waals surface area contributed by atoms with Gasteiger partial charge < -0.3 is 19.5 Å². The molecular weight excluding hydrogens is 514 g/mol. The number of nitrogens with zero attached hydrogens (tertiary/aromatic N) is 1. The average molecular weight is 536 g/mol. The summed E-state index contributed by atoms with van der Waals surface area (Å²) in [6.07, 6.45) is 0. The second kappa shape index (κ2) is 10.1. The molecule has 0 radical (unpaired) electrons. The summed E-state index contributed by atoms with van der Waals surface area (Å²) in [7, 11) is 2.83. The Morgan fingerprint density at radius 2 is 1.63 bits per heavy atom. The van der Waals surface area contributed by atoms with Crippen LogP contribution in [-0.4, -0.2) is 41.9 Å². The number of esters is 1. The zero-order valence-corrected chi connectivity index (χ0v) is 20.6. The number of aliphatic hydroxyl groups excluding tert-OH is 1. The number of aliphatic hydroxyl groups is 1. The largest absolute Gasteiger partial charge is 0.507 e. The lowest BCUT2D eigenvalue weighted by Crippen LogP contribution is -2.29. The van der Waals surface area contributed by atoms with Gasteiger partial charge >= 0.3 is 5.97 Å². The lowest BCUT2D eigenvalue weighted by Gasteiger charge is -2.26. The number of amides is 1. The lowest BCUT2D eigenvalue weighted by molar-refractivity contribution is -0.140. The van der Waals surface area contributed by atoms with Crippen molar-refractivity contribution < 1.29 is 29.0 Å². The maximum Gasteiger partial charge on any atom is 0.337 e. The van der Waals surface area contributed by atoms with Crippen LogP contribution >= 0.6 is 15.9 Å². The van der Waals surface area contributed by atoms with Crippen LogP contribution in [0, 0.1) is 0 Å². The fraction of sp³-hybridized carbons (Fsp3) is 0.148. The zero-order chi connectivity index (χ0) is 25.1. The molecule has 0 bridgehead atoms. The number of rotatable bonds is 6. The standard InChI is InChI=1S/C27H22BrNO6/c1-34-21-5-3-4-19(14-21)23-22(24(30)17-10-12-20(28)13-11-17)25(31)26(32)29(23)15-16-6-8-18(9-7-16)27(33)35-2/h3-14,23,30H,15H2,1-2H3/b24-22+. The second-order valence-electron chi connectivity index (χ2n) is 7.90. The number of Topliss-reactive ketones (excluding diaryl/α,β-unsaturated/α-hetero) is 1. The Labute approximate surface area is 210 Å². The predicted octanol–water partition coefficient (Wildman–Crippen LogP) is 4.87. The summed E-state index contributed by atoms with van der Waals surface area (Å²) >= 11 is 3.36. The molecule has 1 aliphatic rings. The fourth-order valence-corrected chi connectivity index (χ4v) is 4.29. The lowest BCUT2D eigenvalue weighted by atomic mass is 9.95. The van der Waals surface area contributed by atoms with Crippen molar-refractivity contribution in [3.63, 3.8) is 0 Å². The van der Waals surface area contributed by atoms with E-state index >= 15 is 0 Å². The van der Waals surface area contributed by atoms with E-state index in [9.17, 15) is 19.5 Å². The number of hydrogen-bond donors (Lipinski definition) is 1. The van der Waals surface area contributed by atoms with E-state index in [4.69, 9.17) is 9.47 Å². The number of benzene rings is 3. The molecular formula is C27H22BrNO6. The normalized spacial score (nSPS) is 16.9. The van der Waals surface area contributed by atoms with Gasteiger partial charge in [0.1, 0.15) is 11.5 Å². The Bertz CT molecular complexity index is 1310. The summed E-state index contributed by atoms with van der Waals surface area (Å²) in [5, 5.41) is 11.1. The number of carbonyl (C=O) groups excluding carboxylic acids is 3. The summed E-state index contributed by atoms with van der Waals surface area (Å²) in [5.74, 6) is -1.67. The van der Waals surface area contributed by atoms with Gasteiger partial charge in [0.15, 0.2) is 0 Å². The summed E-state index contributed by atoms with van der Waals surface area (Å²) in [5.41, 5.74) is 2.11. The highest BCUT2D eigenvalue weighted by Gasteiger charge is 2.46. The van der Waals surface area contributed by atoms with Crippen molar-refractivity contribution in [3.05, 3.63) is 105 Å². The first-order chi connectivity index (χ1) is 16.8. The molecule has 0 aliphatic carbocycles. The molecule has 1 amide bonds. The third-order valence-electron chi connectivity index (χ3n) is 5.80. The van der Waals surface area contributed by atoms with Crippen LogP contribution in [0.5, 0.6) is 5.75 Å². The van der Waals surface area contributed by atoms with E-state index in [0.29, 0.717) is 28.0 Å². The Kier molecular flexibility index (Phi) is 7.02. The molecule has 3 aromatic rings. The molecule has 1 fully saturated rings. The molecule has 0 saturated carbocycles. The minimum absolute atomic E-state index is 0.00300. The molecule has 1 unspecified atom stereocenters. The van der Waals surface area contributed by atoms with Crippen LogP contribution in [-0.2, 0) is 20.9 Å². The molecule has 35 heavy (non-hydrogen) atoms. The van der Waals surface area contributed by atoms with Gasteiger partial charge in [0.2, 0.25) is 0 Å². The van der Waals surface area contributed by atoms with Crippen LogP contribution in [0.2, 0.25) is 0 Å². The van der Waals surface area contributed by atoms with Gasteiger partial charge in [0, 0.05) is 16.6 Å². The number of halogens is 1. The number of carbonyl (C=O) groups is 3. The summed E-state index contributed by atoms with van der Waals surface area (Å²) in [6, 6.07) is 19.6. The van der Waals surface area contributed by atoms with Crippen molar-refractivity contribution in [2.45, 2.75) is 12.6 Å². The van der Waals surface area contributed by atoms with Gasteiger partial charge in [-0.2, -0.15) is 0 Å².